The Morgan fingerprint density at radius 3 is 2.95 bits per heavy atom. The molecule has 0 aromatic carbocycles. The van der Waals surface area contributed by atoms with Crippen LogP contribution in [0, 0.1) is 6.92 Å². The van der Waals surface area contributed by atoms with Crippen LogP contribution in [-0.2, 0) is 16.1 Å². The molecular formula is C13H16Cl2N2O2. The minimum Gasteiger partial charge on any atom is -0.468 e. The fourth-order valence-corrected chi connectivity index (χ4v) is 3.04. The van der Waals surface area contributed by atoms with Crippen molar-refractivity contribution in [2.45, 2.75) is 32.4 Å². The number of hydrogen-bond acceptors (Lipinski definition) is 4. The predicted molar refractivity (Wildman–Crippen MR) is 74.4 cm³/mol. The Morgan fingerprint density at radius 1 is 1.58 bits per heavy atom. The summed E-state index contributed by atoms with van der Waals surface area (Å²) in [6, 6.07) is 1.57. The number of rotatable bonds is 3. The quantitative estimate of drug-likeness (QED) is 0.636. The van der Waals surface area contributed by atoms with Gasteiger partial charge in [0, 0.05) is 22.8 Å². The standard InChI is InChI=1S/C13H16Cl2N2O2/c1-8-6-10(14)9(12(15)16-8)7-17-5-3-4-11(17)13(18)19-2/h6,11H,3-5,7H2,1-2H3. The number of esters is 1. The lowest BCUT2D eigenvalue weighted by atomic mass is 10.2. The third-order valence-corrected chi connectivity index (χ3v) is 4.00. The van der Waals surface area contributed by atoms with Crippen LogP contribution in [0.5, 0.6) is 0 Å². The van der Waals surface area contributed by atoms with E-state index in [9.17, 15) is 4.79 Å². The van der Waals surface area contributed by atoms with E-state index in [1.54, 1.807) is 6.07 Å². The third kappa shape index (κ3) is 3.19. The van der Waals surface area contributed by atoms with Gasteiger partial charge in [0.15, 0.2) is 0 Å². The van der Waals surface area contributed by atoms with Gasteiger partial charge in [-0.25, -0.2) is 4.98 Å². The second-order valence-electron chi connectivity index (χ2n) is 4.67. The lowest BCUT2D eigenvalue weighted by Gasteiger charge is -2.23. The molecule has 1 aromatic rings. The molecule has 1 aliphatic heterocycles. The van der Waals surface area contributed by atoms with E-state index in [4.69, 9.17) is 27.9 Å². The number of carbonyl (C=O) groups excluding carboxylic acids is 1. The van der Waals surface area contributed by atoms with Gasteiger partial charge in [-0.15, -0.1) is 0 Å². The average Bonchev–Trinajstić information content (AvgIpc) is 2.80. The molecule has 0 spiro atoms. The molecule has 0 aliphatic carbocycles. The van der Waals surface area contributed by atoms with Gasteiger partial charge in [-0.05, 0) is 32.4 Å². The summed E-state index contributed by atoms with van der Waals surface area (Å²) in [7, 11) is 1.41. The Hall–Kier alpha value is -0.840. The van der Waals surface area contributed by atoms with E-state index < -0.39 is 0 Å². The largest absolute Gasteiger partial charge is 0.468 e. The van der Waals surface area contributed by atoms with Gasteiger partial charge in [0.25, 0.3) is 0 Å². The first-order valence-electron chi connectivity index (χ1n) is 6.16. The van der Waals surface area contributed by atoms with Crippen molar-refractivity contribution < 1.29 is 9.53 Å². The van der Waals surface area contributed by atoms with Gasteiger partial charge in [0.2, 0.25) is 0 Å². The van der Waals surface area contributed by atoms with Gasteiger partial charge in [0.1, 0.15) is 11.2 Å². The molecule has 0 bridgehead atoms. The average molecular weight is 303 g/mol. The van der Waals surface area contributed by atoms with Crippen LogP contribution in [0.4, 0.5) is 0 Å². The predicted octanol–water partition coefficient (Wildman–Crippen LogP) is 2.83. The van der Waals surface area contributed by atoms with Crippen LogP contribution in [-0.4, -0.2) is 35.5 Å². The number of carbonyl (C=O) groups is 1. The monoisotopic (exact) mass is 302 g/mol. The summed E-state index contributed by atoms with van der Waals surface area (Å²) >= 11 is 12.3. The van der Waals surface area contributed by atoms with Gasteiger partial charge in [-0.3, -0.25) is 9.69 Å². The van der Waals surface area contributed by atoms with E-state index in [0.717, 1.165) is 30.6 Å². The van der Waals surface area contributed by atoms with Crippen LogP contribution >= 0.6 is 23.2 Å². The highest BCUT2D eigenvalue weighted by Crippen LogP contribution is 2.28. The van der Waals surface area contributed by atoms with Crippen LogP contribution in [0.25, 0.3) is 0 Å². The minimum atomic E-state index is -0.210. The molecule has 1 aliphatic rings. The topological polar surface area (TPSA) is 42.4 Å². The van der Waals surface area contributed by atoms with E-state index in [-0.39, 0.29) is 12.0 Å². The zero-order valence-corrected chi connectivity index (χ0v) is 12.5. The normalized spacial score (nSPS) is 19.7. The Morgan fingerprint density at radius 2 is 2.32 bits per heavy atom. The first-order chi connectivity index (χ1) is 9.02. The number of nitrogens with zero attached hydrogens (tertiary/aromatic N) is 2. The highest BCUT2D eigenvalue weighted by molar-refractivity contribution is 6.35. The minimum absolute atomic E-state index is 0.204. The number of methoxy groups -OCH3 is 1. The summed E-state index contributed by atoms with van der Waals surface area (Å²) in [6.45, 7) is 3.19. The fraction of sp³-hybridized carbons (Fsp3) is 0.538. The molecule has 0 saturated carbocycles. The molecule has 1 atom stereocenters. The van der Waals surface area contributed by atoms with Crippen molar-refractivity contribution in [3.8, 4) is 0 Å². The van der Waals surface area contributed by atoms with Gasteiger partial charge in [-0.1, -0.05) is 23.2 Å². The van der Waals surface area contributed by atoms with Crippen molar-refractivity contribution >= 4 is 29.2 Å². The Labute approximate surface area is 122 Å². The highest BCUT2D eigenvalue weighted by Gasteiger charge is 2.32. The van der Waals surface area contributed by atoms with Crippen LogP contribution in [0.15, 0.2) is 6.07 Å². The first kappa shape index (κ1) is 14.6. The van der Waals surface area contributed by atoms with E-state index in [1.165, 1.54) is 7.11 Å². The second-order valence-corrected chi connectivity index (χ2v) is 5.43. The number of ether oxygens (including phenoxy) is 1. The molecule has 4 nitrogen and oxygen atoms in total. The number of aromatic nitrogens is 1. The summed E-state index contributed by atoms with van der Waals surface area (Å²) in [4.78, 5) is 17.9. The lowest BCUT2D eigenvalue weighted by molar-refractivity contribution is -0.146. The molecule has 1 aromatic heterocycles. The molecule has 0 N–H and O–H groups in total. The maximum Gasteiger partial charge on any atom is 0.323 e. The van der Waals surface area contributed by atoms with Crippen molar-refractivity contribution in [2.24, 2.45) is 0 Å². The Kier molecular flexibility index (Phi) is 4.66. The van der Waals surface area contributed by atoms with Gasteiger partial charge >= 0.3 is 5.97 Å². The zero-order valence-electron chi connectivity index (χ0n) is 10.9. The van der Waals surface area contributed by atoms with E-state index in [0.29, 0.717) is 16.7 Å². The molecule has 2 heterocycles. The molecule has 1 unspecified atom stereocenters. The maximum absolute atomic E-state index is 11.7. The molecule has 1 fully saturated rings. The Balaban J connectivity index is 2.19. The van der Waals surface area contributed by atoms with Crippen LogP contribution in [0.1, 0.15) is 24.1 Å². The molecule has 1 saturated heterocycles. The fourth-order valence-electron chi connectivity index (χ4n) is 2.39. The summed E-state index contributed by atoms with van der Waals surface area (Å²) < 4.78 is 4.82. The number of likely N-dealkylation sites (tertiary alicyclic amines) is 1. The molecule has 6 heteroatoms. The number of hydrogen-bond donors (Lipinski definition) is 0. The van der Waals surface area contributed by atoms with Crippen LogP contribution in [0.2, 0.25) is 10.2 Å². The lowest BCUT2D eigenvalue weighted by Crippen LogP contribution is -2.36. The third-order valence-electron chi connectivity index (χ3n) is 3.35. The summed E-state index contributed by atoms with van der Waals surface area (Å²) in [5.74, 6) is -0.204. The molecule has 104 valence electrons. The molecular weight excluding hydrogens is 287 g/mol. The number of aryl methyl sites for hydroxylation is 1. The summed E-state index contributed by atoms with van der Waals surface area (Å²) in [6.07, 6.45) is 1.77. The van der Waals surface area contributed by atoms with Crippen molar-refractivity contribution in [3.63, 3.8) is 0 Å². The van der Waals surface area contributed by atoms with Crippen molar-refractivity contribution in [1.82, 2.24) is 9.88 Å². The van der Waals surface area contributed by atoms with Crippen LogP contribution in [0.3, 0.4) is 0 Å². The maximum atomic E-state index is 11.7. The molecule has 2 rings (SSSR count). The van der Waals surface area contributed by atoms with Gasteiger partial charge < -0.3 is 4.74 Å². The van der Waals surface area contributed by atoms with Crippen molar-refractivity contribution in [2.75, 3.05) is 13.7 Å². The van der Waals surface area contributed by atoms with E-state index in [1.807, 2.05) is 11.8 Å². The Bertz CT molecular complexity index is 471. The van der Waals surface area contributed by atoms with Crippen molar-refractivity contribution in [3.05, 3.63) is 27.5 Å². The number of pyridine rings is 1. The SMILES string of the molecule is COC(=O)C1CCCN1Cc1c(Cl)cc(C)nc1Cl. The molecule has 19 heavy (non-hydrogen) atoms. The second kappa shape index (κ2) is 6.07. The van der Waals surface area contributed by atoms with E-state index in [2.05, 4.69) is 4.98 Å². The van der Waals surface area contributed by atoms with E-state index >= 15 is 0 Å². The van der Waals surface area contributed by atoms with Crippen molar-refractivity contribution in [1.29, 1.82) is 0 Å². The van der Waals surface area contributed by atoms with Gasteiger partial charge in [-0.2, -0.15) is 0 Å². The van der Waals surface area contributed by atoms with Gasteiger partial charge in [0.05, 0.1) is 7.11 Å². The summed E-state index contributed by atoms with van der Waals surface area (Å²) in [5.41, 5.74) is 1.55. The molecule has 0 amide bonds. The number of halogens is 2. The highest BCUT2D eigenvalue weighted by atomic mass is 35.5. The summed E-state index contributed by atoms with van der Waals surface area (Å²) in [5, 5.41) is 0.994. The smallest absolute Gasteiger partial charge is 0.323 e. The van der Waals surface area contributed by atoms with Crippen LogP contribution < -0.4 is 0 Å². The molecule has 0 radical (unpaired) electrons. The zero-order chi connectivity index (χ0) is 14.0. The first-order valence-corrected chi connectivity index (χ1v) is 6.92.